The molecule has 120 valence electrons. The molecule has 1 aromatic heterocycles. The van der Waals surface area contributed by atoms with Crippen molar-refractivity contribution >= 4 is 17.6 Å². The summed E-state index contributed by atoms with van der Waals surface area (Å²) in [5.41, 5.74) is 1.12. The Balaban J connectivity index is 1.82. The molecule has 0 fully saturated rings. The van der Waals surface area contributed by atoms with E-state index >= 15 is 0 Å². The normalized spacial score (nSPS) is 16.9. The van der Waals surface area contributed by atoms with Crippen LogP contribution in [0.1, 0.15) is 12.0 Å². The summed E-state index contributed by atoms with van der Waals surface area (Å²) < 4.78 is 14.9. The van der Waals surface area contributed by atoms with Crippen molar-refractivity contribution in [3.8, 4) is 0 Å². The quantitative estimate of drug-likeness (QED) is 0.912. The van der Waals surface area contributed by atoms with Crippen molar-refractivity contribution in [2.24, 2.45) is 5.92 Å². The van der Waals surface area contributed by atoms with E-state index in [0.717, 1.165) is 0 Å². The van der Waals surface area contributed by atoms with Crippen LogP contribution in [0.25, 0.3) is 0 Å². The van der Waals surface area contributed by atoms with Gasteiger partial charge in [-0.2, -0.15) is 5.10 Å². The third-order valence-corrected chi connectivity index (χ3v) is 3.87. The van der Waals surface area contributed by atoms with Gasteiger partial charge in [-0.1, -0.05) is 0 Å². The number of hydrogen-bond acceptors (Lipinski definition) is 4. The predicted octanol–water partition coefficient (Wildman–Crippen LogP) is 1.10. The second kappa shape index (κ2) is 6.15. The molecule has 1 aliphatic rings. The van der Waals surface area contributed by atoms with Crippen LogP contribution in [0.3, 0.4) is 0 Å². The fourth-order valence-electron chi connectivity index (χ4n) is 2.72. The molecule has 1 unspecified atom stereocenters. The van der Waals surface area contributed by atoms with E-state index in [-0.39, 0.29) is 25.3 Å². The van der Waals surface area contributed by atoms with Gasteiger partial charge in [-0.3, -0.25) is 14.3 Å². The van der Waals surface area contributed by atoms with E-state index in [1.54, 1.807) is 0 Å². The first kappa shape index (κ1) is 15.1. The molecule has 0 bridgehead atoms. The Kier molecular flexibility index (Phi) is 4.05. The highest BCUT2D eigenvalue weighted by atomic mass is 19.1. The van der Waals surface area contributed by atoms with Gasteiger partial charge in [0.15, 0.2) is 0 Å². The molecule has 7 nitrogen and oxygen atoms in total. The molecule has 8 heteroatoms. The van der Waals surface area contributed by atoms with Crippen LogP contribution in [0, 0.1) is 11.7 Å². The zero-order chi connectivity index (χ0) is 16.4. The first-order valence-corrected chi connectivity index (χ1v) is 7.18. The van der Waals surface area contributed by atoms with E-state index in [1.807, 2.05) is 0 Å². The molecule has 1 atom stereocenters. The number of carbonyl (C=O) groups excluding carboxylic acids is 1. The fourth-order valence-corrected chi connectivity index (χ4v) is 2.72. The van der Waals surface area contributed by atoms with Crippen molar-refractivity contribution in [1.29, 1.82) is 0 Å². The Morgan fingerprint density at radius 3 is 2.91 bits per heavy atom. The molecule has 1 aromatic carbocycles. The average Bonchev–Trinajstić information content (AvgIpc) is 3.04. The zero-order valence-corrected chi connectivity index (χ0v) is 12.2. The Bertz CT molecular complexity index is 732. The number of nitrogens with zero attached hydrogens (tertiary/aromatic N) is 4. The van der Waals surface area contributed by atoms with E-state index in [4.69, 9.17) is 0 Å². The maximum Gasteiger partial charge on any atom is 0.308 e. The maximum absolute atomic E-state index is 13.4. The number of hydrogen-bond donors (Lipinski definition) is 1. The van der Waals surface area contributed by atoms with Gasteiger partial charge in [0.25, 0.3) is 0 Å². The minimum Gasteiger partial charge on any atom is -0.481 e. The lowest BCUT2D eigenvalue weighted by atomic mass is 9.92. The monoisotopic (exact) mass is 318 g/mol. The standard InChI is InChI=1S/C15H15FN4O3/c16-12-1-2-13-10(6-12)5-11(15(22)23)7-20(13)14(21)3-4-19-9-17-8-18-19/h1-2,6,8-9,11H,3-5,7H2,(H,22,23). The van der Waals surface area contributed by atoms with E-state index in [1.165, 1.54) is 40.4 Å². The molecule has 2 aromatic rings. The lowest BCUT2D eigenvalue weighted by Gasteiger charge is -2.33. The molecule has 23 heavy (non-hydrogen) atoms. The second-order valence-electron chi connectivity index (χ2n) is 5.43. The van der Waals surface area contributed by atoms with Crippen LogP contribution in [-0.2, 0) is 22.6 Å². The number of aromatic nitrogens is 3. The summed E-state index contributed by atoms with van der Waals surface area (Å²) in [4.78, 5) is 29.0. The molecule has 0 radical (unpaired) electrons. The van der Waals surface area contributed by atoms with Crippen LogP contribution in [0.2, 0.25) is 0 Å². The molecular weight excluding hydrogens is 303 g/mol. The molecule has 1 amide bonds. The van der Waals surface area contributed by atoms with Crippen LogP contribution in [-0.4, -0.2) is 38.3 Å². The van der Waals surface area contributed by atoms with Gasteiger partial charge in [0.05, 0.1) is 12.5 Å². The largest absolute Gasteiger partial charge is 0.481 e. The summed E-state index contributed by atoms with van der Waals surface area (Å²) in [7, 11) is 0. The number of carbonyl (C=O) groups is 2. The number of carboxylic acid groups (broad SMARTS) is 1. The predicted molar refractivity (Wildman–Crippen MR) is 78.2 cm³/mol. The van der Waals surface area contributed by atoms with Gasteiger partial charge < -0.3 is 10.0 Å². The van der Waals surface area contributed by atoms with Crippen molar-refractivity contribution in [2.45, 2.75) is 19.4 Å². The number of aryl methyl sites for hydroxylation is 1. The SMILES string of the molecule is O=C(O)C1Cc2cc(F)ccc2N(C(=O)CCn2cncn2)C1. The van der Waals surface area contributed by atoms with Gasteiger partial charge in [0, 0.05) is 18.7 Å². The lowest BCUT2D eigenvalue weighted by molar-refractivity contribution is -0.141. The van der Waals surface area contributed by atoms with Crippen LogP contribution >= 0.6 is 0 Å². The Hall–Kier alpha value is -2.77. The molecule has 0 aliphatic carbocycles. The van der Waals surface area contributed by atoms with Gasteiger partial charge in [-0.15, -0.1) is 0 Å². The van der Waals surface area contributed by atoms with Crippen LogP contribution in [0.5, 0.6) is 0 Å². The smallest absolute Gasteiger partial charge is 0.308 e. The molecular formula is C15H15FN4O3. The first-order chi connectivity index (χ1) is 11.0. The summed E-state index contributed by atoms with van der Waals surface area (Å²) in [6.45, 7) is 0.438. The lowest BCUT2D eigenvalue weighted by Crippen LogP contribution is -2.43. The number of rotatable bonds is 4. The number of anilines is 1. The van der Waals surface area contributed by atoms with Gasteiger partial charge in [-0.25, -0.2) is 9.37 Å². The van der Waals surface area contributed by atoms with Gasteiger partial charge in [0.2, 0.25) is 5.91 Å². The van der Waals surface area contributed by atoms with Crippen LogP contribution in [0.4, 0.5) is 10.1 Å². The molecule has 1 N–H and O–H groups in total. The van der Waals surface area contributed by atoms with Crippen LogP contribution in [0.15, 0.2) is 30.9 Å². The summed E-state index contributed by atoms with van der Waals surface area (Å²) in [6, 6.07) is 4.09. The highest BCUT2D eigenvalue weighted by Crippen LogP contribution is 2.31. The number of carboxylic acids is 1. The van der Waals surface area contributed by atoms with E-state index in [2.05, 4.69) is 10.1 Å². The first-order valence-electron chi connectivity index (χ1n) is 7.18. The summed E-state index contributed by atoms with van der Waals surface area (Å²) in [5.74, 6) is -2.39. The van der Waals surface area contributed by atoms with Gasteiger partial charge in [-0.05, 0) is 30.2 Å². The third-order valence-electron chi connectivity index (χ3n) is 3.87. The highest BCUT2D eigenvalue weighted by Gasteiger charge is 2.32. The molecule has 2 heterocycles. The zero-order valence-electron chi connectivity index (χ0n) is 12.2. The number of benzene rings is 1. The third kappa shape index (κ3) is 3.20. The van der Waals surface area contributed by atoms with E-state index < -0.39 is 17.7 Å². The topological polar surface area (TPSA) is 88.3 Å². The molecule has 3 rings (SSSR count). The van der Waals surface area contributed by atoms with E-state index in [9.17, 15) is 19.1 Å². The van der Waals surface area contributed by atoms with Crippen molar-refractivity contribution in [1.82, 2.24) is 14.8 Å². The second-order valence-corrected chi connectivity index (χ2v) is 5.43. The minimum atomic E-state index is -0.992. The molecule has 0 saturated heterocycles. The van der Waals surface area contributed by atoms with Crippen molar-refractivity contribution in [3.63, 3.8) is 0 Å². The van der Waals surface area contributed by atoms with E-state index in [0.29, 0.717) is 17.8 Å². The van der Waals surface area contributed by atoms with Crippen molar-refractivity contribution < 1.29 is 19.1 Å². The number of aliphatic carboxylic acids is 1. The number of fused-ring (bicyclic) bond motifs is 1. The highest BCUT2D eigenvalue weighted by molar-refractivity contribution is 5.95. The number of halogens is 1. The summed E-state index contributed by atoms with van der Waals surface area (Å²) in [5, 5.41) is 13.2. The Morgan fingerprint density at radius 1 is 1.39 bits per heavy atom. The maximum atomic E-state index is 13.4. The fraction of sp³-hybridized carbons (Fsp3) is 0.333. The van der Waals surface area contributed by atoms with Crippen molar-refractivity contribution in [2.75, 3.05) is 11.4 Å². The summed E-state index contributed by atoms with van der Waals surface area (Å²) >= 11 is 0. The average molecular weight is 318 g/mol. The Morgan fingerprint density at radius 2 is 2.22 bits per heavy atom. The summed E-state index contributed by atoms with van der Waals surface area (Å²) in [6.07, 6.45) is 3.26. The molecule has 0 saturated carbocycles. The Labute approximate surface area is 131 Å². The van der Waals surface area contributed by atoms with Crippen LogP contribution < -0.4 is 4.90 Å². The van der Waals surface area contributed by atoms with Crippen molar-refractivity contribution in [3.05, 3.63) is 42.2 Å². The molecule has 0 spiro atoms. The van der Waals surface area contributed by atoms with Gasteiger partial charge in [0.1, 0.15) is 18.5 Å². The van der Waals surface area contributed by atoms with Gasteiger partial charge >= 0.3 is 5.97 Å². The molecule has 1 aliphatic heterocycles. The minimum absolute atomic E-state index is 0.0875. The number of amides is 1.